The van der Waals surface area contributed by atoms with Gasteiger partial charge in [-0.1, -0.05) is 12.1 Å². The quantitative estimate of drug-likeness (QED) is 0.285. The Balaban J connectivity index is 1.49. The average molecular weight is 483 g/mol. The standard InChI is InChI=1S/C25H30N4O6/c1-16-6-7-17(2)20(11-16)28-23(30)15-35-21-9-8-18(12-22(21)33-3)13-27-29-25(32)24(31)26-14-19-5-4-10-34-19/h6-9,11-13,19H,4-5,10,14-15H2,1-3H3,(H,26,31)(H,28,30)(H,29,32)/b27-13-/t19-/m1/s1. The third-order valence-electron chi connectivity index (χ3n) is 5.31. The molecule has 1 aliphatic heterocycles. The van der Waals surface area contributed by atoms with Gasteiger partial charge < -0.3 is 24.8 Å². The predicted molar refractivity (Wildman–Crippen MR) is 131 cm³/mol. The fourth-order valence-electron chi connectivity index (χ4n) is 3.39. The molecular formula is C25H30N4O6. The van der Waals surface area contributed by atoms with Gasteiger partial charge >= 0.3 is 11.8 Å². The first-order valence-electron chi connectivity index (χ1n) is 11.3. The van der Waals surface area contributed by atoms with Crippen LogP contribution in [-0.4, -0.2) is 56.9 Å². The summed E-state index contributed by atoms with van der Waals surface area (Å²) in [5, 5.41) is 9.17. The third kappa shape index (κ3) is 7.82. The van der Waals surface area contributed by atoms with Gasteiger partial charge in [0.1, 0.15) is 0 Å². The van der Waals surface area contributed by atoms with Crippen molar-refractivity contribution in [3.05, 3.63) is 53.1 Å². The van der Waals surface area contributed by atoms with E-state index in [4.69, 9.17) is 14.2 Å². The van der Waals surface area contributed by atoms with Crippen LogP contribution in [0.2, 0.25) is 0 Å². The molecule has 3 N–H and O–H groups in total. The largest absolute Gasteiger partial charge is 0.493 e. The van der Waals surface area contributed by atoms with Crippen molar-refractivity contribution in [1.82, 2.24) is 10.7 Å². The van der Waals surface area contributed by atoms with E-state index in [2.05, 4.69) is 21.2 Å². The number of benzene rings is 2. The van der Waals surface area contributed by atoms with Crippen LogP contribution in [0.15, 0.2) is 41.5 Å². The number of hydrogen-bond acceptors (Lipinski definition) is 7. The van der Waals surface area contributed by atoms with Crippen molar-refractivity contribution in [1.29, 1.82) is 0 Å². The van der Waals surface area contributed by atoms with Crippen LogP contribution in [0.1, 0.15) is 29.5 Å². The number of rotatable bonds is 9. The van der Waals surface area contributed by atoms with E-state index < -0.39 is 11.8 Å². The minimum atomic E-state index is -0.874. The Morgan fingerprint density at radius 3 is 2.69 bits per heavy atom. The zero-order chi connectivity index (χ0) is 25.2. The number of aryl methyl sites for hydroxylation is 2. The molecule has 0 aliphatic carbocycles. The summed E-state index contributed by atoms with van der Waals surface area (Å²) in [5.41, 5.74) is 5.51. The number of carbonyl (C=O) groups excluding carboxylic acids is 3. The Labute approximate surface area is 204 Å². The number of nitrogens with zero attached hydrogens (tertiary/aromatic N) is 1. The van der Waals surface area contributed by atoms with Gasteiger partial charge in [-0.25, -0.2) is 5.43 Å². The molecular weight excluding hydrogens is 452 g/mol. The predicted octanol–water partition coefficient (Wildman–Crippen LogP) is 2.07. The van der Waals surface area contributed by atoms with Crippen LogP contribution in [0, 0.1) is 13.8 Å². The Kier molecular flexibility index (Phi) is 9.19. The summed E-state index contributed by atoms with van der Waals surface area (Å²) in [6.45, 7) is 4.63. The number of hydrazone groups is 1. The van der Waals surface area contributed by atoms with Gasteiger partial charge in [-0.15, -0.1) is 0 Å². The van der Waals surface area contributed by atoms with E-state index in [0.717, 1.165) is 29.7 Å². The molecule has 3 amide bonds. The van der Waals surface area contributed by atoms with Gasteiger partial charge in [-0.2, -0.15) is 5.10 Å². The second-order valence-corrected chi connectivity index (χ2v) is 8.11. The highest BCUT2D eigenvalue weighted by Gasteiger charge is 2.19. The lowest BCUT2D eigenvalue weighted by Crippen LogP contribution is -2.41. The molecule has 0 radical (unpaired) electrons. The van der Waals surface area contributed by atoms with Crippen molar-refractivity contribution in [3.8, 4) is 11.5 Å². The van der Waals surface area contributed by atoms with Crippen LogP contribution in [0.4, 0.5) is 5.69 Å². The smallest absolute Gasteiger partial charge is 0.329 e. The zero-order valence-corrected chi connectivity index (χ0v) is 20.1. The molecule has 0 saturated carbocycles. The minimum Gasteiger partial charge on any atom is -0.493 e. The maximum atomic E-state index is 12.3. The van der Waals surface area contributed by atoms with Gasteiger partial charge in [0.05, 0.1) is 19.4 Å². The molecule has 1 aliphatic rings. The first kappa shape index (κ1) is 25.7. The minimum absolute atomic E-state index is 0.0545. The van der Waals surface area contributed by atoms with Gasteiger partial charge in [0.2, 0.25) is 0 Å². The molecule has 2 aromatic carbocycles. The van der Waals surface area contributed by atoms with E-state index in [9.17, 15) is 14.4 Å². The molecule has 3 rings (SSSR count). The fourth-order valence-corrected chi connectivity index (χ4v) is 3.39. The Hall–Kier alpha value is -3.92. The fraction of sp³-hybridized carbons (Fsp3) is 0.360. The summed E-state index contributed by atoms with van der Waals surface area (Å²) in [5.74, 6) is -1.20. The van der Waals surface area contributed by atoms with E-state index in [0.29, 0.717) is 23.7 Å². The zero-order valence-electron chi connectivity index (χ0n) is 20.1. The molecule has 1 atom stereocenters. The lowest BCUT2D eigenvalue weighted by atomic mass is 10.1. The molecule has 10 heteroatoms. The molecule has 1 heterocycles. The molecule has 0 bridgehead atoms. The third-order valence-corrected chi connectivity index (χ3v) is 5.31. The molecule has 1 saturated heterocycles. The highest BCUT2D eigenvalue weighted by molar-refractivity contribution is 6.35. The van der Waals surface area contributed by atoms with Crippen LogP contribution in [-0.2, 0) is 19.1 Å². The number of ether oxygens (including phenoxy) is 3. The number of anilines is 1. The first-order valence-corrected chi connectivity index (χ1v) is 11.3. The van der Waals surface area contributed by atoms with Gasteiger partial charge in [-0.05, 0) is 67.6 Å². The van der Waals surface area contributed by atoms with E-state index in [1.165, 1.54) is 13.3 Å². The molecule has 35 heavy (non-hydrogen) atoms. The molecule has 10 nitrogen and oxygen atoms in total. The van der Waals surface area contributed by atoms with Crippen LogP contribution in [0.5, 0.6) is 11.5 Å². The van der Waals surface area contributed by atoms with E-state index in [-0.39, 0.29) is 25.2 Å². The van der Waals surface area contributed by atoms with Gasteiger partial charge in [0, 0.05) is 18.8 Å². The van der Waals surface area contributed by atoms with Crippen molar-refractivity contribution >= 4 is 29.6 Å². The summed E-state index contributed by atoms with van der Waals surface area (Å²) in [7, 11) is 1.47. The van der Waals surface area contributed by atoms with E-state index >= 15 is 0 Å². The number of hydrogen-bond donors (Lipinski definition) is 3. The number of methoxy groups -OCH3 is 1. The van der Waals surface area contributed by atoms with Crippen molar-refractivity contribution in [2.45, 2.75) is 32.8 Å². The second-order valence-electron chi connectivity index (χ2n) is 8.11. The van der Waals surface area contributed by atoms with E-state index in [1.807, 2.05) is 32.0 Å². The van der Waals surface area contributed by atoms with Crippen molar-refractivity contribution in [2.24, 2.45) is 5.10 Å². The van der Waals surface area contributed by atoms with Crippen molar-refractivity contribution in [3.63, 3.8) is 0 Å². The SMILES string of the molecule is COc1cc(/C=N\NC(=O)C(=O)NC[C@H]2CCCO2)ccc1OCC(=O)Nc1cc(C)ccc1C. The van der Waals surface area contributed by atoms with Crippen LogP contribution < -0.4 is 25.5 Å². The van der Waals surface area contributed by atoms with Crippen LogP contribution >= 0.6 is 0 Å². The Bertz CT molecular complexity index is 1100. The van der Waals surface area contributed by atoms with Crippen LogP contribution in [0.3, 0.4) is 0 Å². The Morgan fingerprint density at radius 2 is 1.94 bits per heavy atom. The van der Waals surface area contributed by atoms with E-state index in [1.54, 1.807) is 18.2 Å². The second kappa shape index (κ2) is 12.5. The maximum absolute atomic E-state index is 12.3. The Morgan fingerprint density at radius 1 is 1.11 bits per heavy atom. The van der Waals surface area contributed by atoms with Gasteiger partial charge in [-0.3, -0.25) is 14.4 Å². The topological polar surface area (TPSA) is 127 Å². The lowest BCUT2D eigenvalue weighted by molar-refractivity contribution is -0.139. The monoisotopic (exact) mass is 482 g/mol. The average Bonchev–Trinajstić information content (AvgIpc) is 3.37. The van der Waals surface area contributed by atoms with Gasteiger partial charge in [0.25, 0.3) is 5.91 Å². The molecule has 0 spiro atoms. The highest BCUT2D eigenvalue weighted by atomic mass is 16.5. The molecule has 2 aromatic rings. The van der Waals surface area contributed by atoms with Crippen molar-refractivity contribution < 1.29 is 28.6 Å². The lowest BCUT2D eigenvalue weighted by Gasteiger charge is -2.12. The highest BCUT2D eigenvalue weighted by Crippen LogP contribution is 2.27. The number of carbonyl (C=O) groups is 3. The number of amides is 3. The molecule has 0 unspecified atom stereocenters. The van der Waals surface area contributed by atoms with Crippen molar-refractivity contribution in [2.75, 3.05) is 32.2 Å². The molecule has 186 valence electrons. The summed E-state index contributed by atoms with van der Waals surface area (Å²) < 4.78 is 16.4. The van der Waals surface area contributed by atoms with Gasteiger partial charge in [0.15, 0.2) is 18.1 Å². The first-order chi connectivity index (χ1) is 16.9. The van der Waals surface area contributed by atoms with Crippen LogP contribution in [0.25, 0.3) is 0 Å². The summed E-state index contributed by atoms with van der Waals surface area (Å²) in [4.78, 5) is 36.0. The molecule has 0 aromatic heterocycles. The summed E-state index contributed by atoms with van der Waals surface area (Å²) >= 11 is 0. The summed E-state index contributed by atoms with van der Waals surface area (Å²) in [6.07, 6.45) is 3.12. The number of nitrogens with one attached hydrogen (secondary N) is 3. The normalized spacial score (nSPS) is 15.0. The summed E-state index contributed by atoms with van der Waals surface area (Å²) in [6, 6.07) is 10.7. The maximum Gasteiger partial charge on any atom is 0.329 e. The molecule has 1 fully saturated rings.